The quantitative estimate of drug-likeness (QED) is 0.817. The van der Waals surface area contributed by atoms with Crippen molar-refractivity contribution < 1.29 is 17.2 Å². The number of fused-ring (bicyclic) bond motifs is 2. The number of piperazine rings is 1. The van der Waals surface area contributed by atoms with Crippen LogP contribution in [0.15, 0.2) is 29.2 Å². The van der Waals surface area contributed by atoms with Crippen molar-refractivity contribution in [1.82, 2.24) is 4.90 Å². The SMILES string of the molecule is O=S(=O)(c1ccc(N2CCN(C3CC4CCC3C4)CC2)cc1)C(F)F. The van der Waals surface area contributed by atoms with E-state index in [-0.39, 0.29) is 4.90 Å². The van der Waals surface area contributed by atoms with Crippen molar-refractivity contribution in [2.24, 2.45) is 11.8 Å². The number of halogens is 2. The normalized spacial score (nSPS) is 30.4. The third-order valence-electron chi connectivity index (χ3n) is 6.25. The van der Waals surface area contributed by atoms with Crippen molar-refractivity contribution in [2.75, 3.05) is 31.1 Å². The Hall–Kier alpha value is -1.21. The molecule has 138 valence electrons. The highest BCUT2D eigenvalue weighted by atomic mass is 32.2. The largest absolute Gasteiger partial charge is 0.369 e. The number of sulfone groups is 1. The molecular weight excluding hydrogens is 346 g/mol. The van der Waals surface area contributed by atoms with Gasteiger partial charge in [0.2, 0.25) is 9.84 Å². The van der Waals surface area contributed by atoms with Crippen LogP contribution in [0.25, 0.3) is 0 Å². The number of alkyl halides is 2. The molecule has 2 bridgehead atoms. The first-order chi connectivity index (χ1) is 11.9. The van der Waals surface area contributed by atoms with Crippen LogP contribution >= 0.6 is 0 Å². The maximum Gasteiger partial charge on any atom is 0.341 e. The van der Waals surface area contributed by atoms with E-state index in [1.165, 1.54) is 37.8 Å². The molecule has 2 saturated carbocycles. The Labute approximate surface area is 147 Å². The molecule has 1 saturated heterocycles. The van der Waals surface area contributed by atoms with E-state index in [9.17, 15) is 17.2 Å². The number of benzene rings is 1. The van der Waals surface area contributed by atoms with Gasteiger partial charge >= 0.3 is 5.76 Å². The first kappa shape index (κ1) is 17.2. The maximum absolute atomic E-state index is 12.6. The molecule has 3 aliphatic rings. The zero-order valence-electron chi connectivity index (χ0n) is 14.2. The molecule has 25 heavy (non-hydrogen) atoms. The molecule has 0 N–H and O–H groups in total. The summed E-state index contributed by atoms with van der Waals surface area (Å²) < 4.78 is 48.2. The lowest BCUT2D eigenvalue weighted by molar-refractivity contribution is 0.135. The summed E-state index contributed by atoms with van der Waals surface area (Å²) >= 11 is 0. The van der Waals surface area contributed by atoms with E-state index in [1.807, 2.05) is 0 Å². The van der Waals surface area contributed by atoms with Gasteiger partial charge in [-0.1, -0.05) is 6.42 Å². The molecule has 1 aromatic carbocycles. The molecular formula is C18H24F2N2O2S. The Bertz CT molecular complexity index is 715. The predicted molar refractivity (Wildman–Crippen MR) is 92.7 cm³/mol. The zero-order valence-corrected chi connectivity index (χ0v) is 15.0. The van der Waals surface area contributed by atoms with Gasteiger partial charge in [-0.3, -0.25) is 4.90 Å². The van der Waals surface area contributed by atoms with Gasteiger partial charge in [0.15, 0.2) is 0 Å². The third kappa shape index (κ3) is 3.16. The van der Waals surface area contributed by atoms with Gasteiger partial charge in [0.1, 0.15) is 0 Å². The number of anilines is 1. The van der Waals surface area contributed by atoms with E-state index in [1.54, 1.807) is 12.1 Å². The minimum atomic E-state index is -4.51. The fourth-order valence-corrected chi connectivity index (χ4v) is 5.64. The molecule has 4 nitrogen and oxygen atoms in total. The third-order valence-corrected chi connectivity index (χ3v) is 7.65. The van der Waals surface area contributed by atoms with Gasteiger partial charge in [-0.15, -0.1) is 0 Å². The smallest absolute Gasteiger partial charge is 0.341 e. The molecule has 3 fully saturated rings. The molecule has 0 aromatic heterocycles. The van der Waals surface area contributed by atoms with E-state index in [0.29, 0.717) is 0 Å². The highest BCUT2D eigenvalue weighted by molar-refractivity contribution is 7.91. The molecule has 1 aromatic rings. The fourth-order valence-electron chi connectivity index (χ4n) is 4.92. The van der Waals surface area contributed by atoms with Crippen LogP contribution in [0.1, 0.15) is 25.7 Å². The van der Waals surface area contributed by atoms with E-state index < -0.39 is 15.6 Å². The molecule has 2 aliphatic carbocycles. The molecule has 4 rings (SSSR count). The van der Waals surface area contributed by atoms with Crippen molar-refractivity contribution in [1.29, 1.82) is 0 Å². The summed E-state index contributed by atoms with van der Waals surface area (Å²) in [4.78, 5) is 4.52. The Morgan fingerprint density at radius 2 is 1.64 bits per heavy atom. The molecule has 0 radical (unpaired) electrons. The topological polar surface area (TPSA) is 40.6 Å². The lowest BCUT2D eigenvalue weighted by Crippen LogP contribution is -2.51. The van der Waals surface area contributed by atoms with E-state index in [0.717, 1.165) is 49.7 Å². The van der Waals surface area contributed by atoms with Gasteiger partial charge in [0.25, 0.3) is 0 Å². The van der Waals surface area contributed by atoms with Gasteiger partial charge < -0.3 is 4.90 Å². The molecule has 7 heteroatoms. The first-order valence-corrected chi connectivity index (χ1v) is 10.6. The van der Waals surface area contributed by atoms with Crippen molar-refractivity contribution in [3.8, 4) is 0 Å². The van der Waals surface area contributed by atoms with Gasteiger partial charge in [-0.25, -0.2) is 8.42 Å². The average Bonchev–Trinajstić information content (AvgIpc) is 3.25. The Balaban J connectivity index is 1.38. The summed E-state index contributed by atoms with van der Waals surface area (Å²) in [7, 11) is -4.51. The highest BCUT2D eigenvalue weighted by Gasteiger charge is 2.42. The lowest BCUT2D eigenvalue weighted by atomic mass is 9.93. The van der Waals surface area contributed by atoms with Crippen LogP contribution in [-0.4, -0.2) is 51.3 Å². The van der Waals surface area contributed by atoms with Crippen molar-refractivity contribution >= 4 is 15.5 Å². The molecule has 3 atom stereocenters. The Morgan fingerprint density at radius 3 is 2.16 bits per heavy atom. The van der Waals surface area contributed by atoms with E-state index in [2.05, 4.69) is 9.80 Å². The number of rotatable bonds is 4. The summed E-state index contributed by atoms with van der Waals surface area (Å²) in [5, 5.41) is 0. The number of hydrogen-bond acceptors (Lipinski definition) is 4. The summed E-state index contributed by atoms with van der Waals surface area (Å²) in [6.45, 7) is 3.83. The second-order valence-corrected chi connectivity index (χ2v) is 9.48. The molecule has 1 aliphatic heterocycles. The standard InChI is InChI=1S/C18H24F2N2O2S/c19-18(20)25(23,24)16-5-3-15(4-6-16)21-7-9-22(10-8-21)17-12-13-1-2-14(17)11-13/h3-6,13-14,17-18H,1-2,7-12H2. The van der Waals surface area contributed by atoms with Crippen LogP contribution in [0.3, 0.4) is 0 Å². The molecule has 1 heterocycles. The summed E-state index contributed by atoms with van der Waals surface area (Å²) in [5.74, 6) is -1.55. The Morgan fingerprint density at radius 1 is 0.960 bits per heavy atom. The molecule has 0 spiro atoms. The zero-order chi connectivity index (χ0) is 17.6. The second-order valence-electron chi connectivity index (χ2n) is 7.56. The second kappa shape index (κ2) is 6.50. The van der Waals surface area contributed by atoms with Crippen LogP contribution in [0.4, 0.5) is 14.5 Å². The van der Waals surface area contributed by atoms with Crippen LogP contribution in [0, 0.1) is 11.8 Å². The predicted octanol–water partition coefficient (Wildman–Crippen LogP) is 2.99. The first-order valence-electron chi connectivity index (χ1n) is 9.06. The van der Waals surface area contributed by atoms with E-state index in [4.69, 9.17) is 0 Å². The minimum absolute atomic E-state index is 0.313. The monoisotopic (exact) mass is 370 g/mol. The molecule has 3 unspecified atom stereocenters. The lowest BCUT2D eigenvalue weighted by Gasteiger charge is -2.41. The summed E-state index contributed by atoms with van der Waals surface area (Å²) in [6, 6.07) is 6.61. The van der Waals surface area contributed by atoms with Crippen LogP contribution < -0.4 is 4.90 Å². The van der Waals surface area contributed by atoms with Crippen molar-refractivity contribution in [3.63, 3.8) is 0 Å². The highest BCUT2D eigenvalue weighted by Crippen LogP contribution is 2.46. The van der Waals surface area contributed by atoms with Gasteiger partial charge in [-0.05, 0) is 55.4 Å². The van der Waals surface area contributed by atoms with Crippen molar-refractivity contribution in [2.45, 2.75) is 42.4 Å². The van der Waals surface area contributed by atoms with Crippen LogP contribution in [0.2, 0.25) is 0 Å². The van der Waals surface area contributed by atoms with Crippen LogP contribution in [-0.2, 0) is 9.84 Å². The van der Waals surface area contributed by atoms with Gasteiger partial charge in [-0.2, -0.15) is 8.78 Å². The maximum atomic E-state index is 12.6. The van der Waals surface area contributed by atoms with Gasteiger partial charge in [0, 0.05) is 37.9 Å². The average molecular weight is 370 g/mol. The minimum Gasteiger partial charge on any atom is -0.369 e. The number of nitrogens with zero attached hydrogens (tertiary/aromatic N) is 2. The van der Waals surface area contributed by atoms with E-state index >= 15 is 0 Å². The summed E-state index contributed by atoms with van der Waals surface area (Å²) in [5.41, 5.74) is 0.904. The fraction of sp³-hybridized carbons (Fsp3) is 0.667. The molecule has 0 amide bonds. The van der Waals surface area contributed by atoms with Crippen molar-refractivity contribution in [3.05, 3.63) is 24.3 Å². The van der Waals surface area contributed by atoms with Gasteiger partial charge in [0.05, 0.1) is 4.90 Å². The summed E-state index contributed by atoms with van der Waals surface area (Å²) in [6.07, 6.45) is 5.56. The number of hydrogen-bond donors (Lipinski definition) is 0. The van der Waals surface area contributed by atoms with Crippen LogP contribution in [0.5, 0.6) is 0 Å². The Kier molecular flexibility index (Phi) is 4.48.